The summed E-state index contributed by atoms with van der Waals surface area (Å²) in [4.78, 5) is 0. The summed E-state index contributed by atoms with van der Waals surface area (Å²) in [5, 5.41) is 0. The maximum atomic E-state index is 5.86. The van der Waals surface area contributed by atoms with E-state index in [0.717, 1.165) is 47.4 Å². The fourth-order valence-corrected chi connectivity index (χ4v) is 264. The maximum absolute atomic E-state index is 5.86. The third-order valence-electron chi connectivity index (χ3n) is 0.918. The zero-order chi connectivity index (χ0) is 7.84. The van der Waals surface area contributed by atoms with Gasteiger partial charge in [-0.3, -0.25) is 0 Å². The zero-order valence-electron chi connectivity index (χ0n) is 5.51. The summed E-state index contributed by atoms with van der Waals surface area (Å²) in [6.07, 6.45) is 0.237. The van der Waals surface area contributed by atoms with E-state index in [2.05, 4.69) is 29.0 Å². The van der Waals surface area contributed by atoms with Crippen LogP contribution in [0.5, 0.6) is 0 Å². The minimum atomic E-state index is 0.237. The monoisotopic (exact) mass is 536 g/mol. The molecule has 0 fully saturated rings. The van der Waals surface area contributed by atoms with Crippen molar-refractivity contribution in [2.75, 3.05) is 6.61 Å². The molecule has 4 atom stereocenters. The third-order valence-corrected chi connectivity index (χ3v) is 131. The number of hydrogen-bond acceptors (Lipinski definition) is 1. The average molecular weight is 533 g/mol. The summed E-state index contributed by atoms with van der Waals surface area (Å²) in [5.74, 6) is 0. The third kappa shape index (κ3) is 2.52. The second kappa shape index (κ2) is 4.98. The Kier molecular flexibility index (Phi) is 4.96. The van der Waals surface area contributed by atoms with Crippen molar-refractivity contribution in [1.29, 1.82) is 0 Å². The van der Waals surface area contributed by atoms with Gasteiger partial charge in [-0.25, -0.2) is 0 Å². The van der Waals surface area contributed by atoms with Crippen LogP contribution in [0.1, 0.15) is 6.92 Å². The molecule has 11 heavy (non-hydrogen) atoms. The number of rotatable bonds is 2. The van der Waals surface area contributed by atoms with Crippen LogP contribution in [0.15, 0.2) is 0 Å². The molecule has 1 nitrogen and oxygen atoms in total. The van der Waals surface area contributed by atoms with Crippen LogP contribution >= 0.6 is 40.3 Å². The summed E-state index contributed by atoms with van der Waals surface area (Å²) in [6.45, 7) is 3.17. The van der Waals surface area contributed by atoms with Crippen molar-refractivity contribution >= 4 is 81.1 Å². The fraction of sp³-hybridized carbons (Fsp3) is 1.00. The van der Waals surface area contributed by atoms with Crippen molar-refractivity contribution in [2.45, 2.75) is 6.92 Å². The van der Waals surface area contributed by atoms with E-state index in [1.54, 1.807) is 0 Å². The molecule has 2 aromatic rings. The molecular formula is C2H5IOP4Se3. The van der Waals surface area contributed by atoms with Gasteiger partial charge in [0.05, 0.1) is 0 Å². The van der Waals surface area contributed by atoms with Crippen molar-refractivity contribution < 1.29 is 4.52 Å². The molecule has 64 valence electrons. The molecular weight excluding hydrogens is 528 g/mol. The molecule has 0 spiro atoms. The fourth-order valence-electron chi connectivity index (χ4n) is 0.565. The number of halogens is 1. The summed E-state index contributed by atoms with van der Waals surface area (Å²) in [6, 6.07) is 0. The molecule has 0 aliphatic heterocycles. The van der Waals surface area contributed by atoms with Crippen molar-refractivity contribution in [2.24, 2.45) is 0 Å². The van der Waals surface area contributed by atoms with Crippen LogP contribution in [-0.4, -0.2) is 47.4 Å². The van der Waals surface area contributed by atoms with Gasteiger partial charge in [0.15, 0.2) is 0 Å². The van der Waals surface area contributed by atoms with Gasteiger partial charge in [0.1, 0.15) is 0 Å². The molecule has 2 aromatic heterocycles. The molecule has 2 rings (SSSR count). The van der Waals surface area contributed by atoms with Gasteiger partial charge >= 0.3 is 99.1 Å². The molecule has 0 saturated heterocycles. The first-order valence-electron chi connectivity index (χ1n) is 2.84. The van der Waals surface area contributed by atoms with Crippen LogP contribution in [0, 0.1) is 0 Å². The van der Waals surface area contributed by atoms with Crippen LogP contribution in [0.4, 0.5) is 0 Å². The van der Waals surface area contributed by atoms with Crippen molar-refractivity contribution in [3.8, 4) is 0 Å². The van der Waals surface area contributed by atoms with Crippen molar-refractivity contribution in [3.63, 3.8) is 0 Å². The molecule has 0 N–H and O–H groups in total. The average Bonchev–Trinajstić information content (AvgIpc) is 2.47. The van der Waals surface area contributed by atoms with E-state index >= 15 is 0 Å². The Morgan fingerprint density at radius 2 is 2.09 bits per heavy atom. The first-order valence-corrected chi connectivity index (χ1v) is 25.6. The second-order valence-electron chi connectivity index (χ2n) is 1.60. The van der Waals surface area contributed by atoms with Gasteiger partial charge in [-0.1, -0.05) is 0 Å². The molecule has 4 unspecified atom stereocenters. The first-order chi connectivity index (χ1) is 5.31. The zero-order valence-corrected chi connectivity index (χ0v) is 16.4. The Bertz CT molecular complexity index is 364. The van der Waals surface area contributed by atoms with Crippen molar-refractivity contribution in [1.82, 2.24) is 0 Å². The van der Waals surface area contributed by atoms with E-state index in [-0.39, 0.29) is 6.10 Å². The van der Waals surface area contributed by atoms with E-state index in [1.807, 2.05) is 0 Å². The molecule has 0 aliphatic rings. The predicted octanol–water partition coefficient (Wildman–Crippen LogP) is 3.32. The normalized spacial score (nSPS) is 18.0. The summed E-state index contributed by atoms with van der Waals surface area (Å²) >= 11 is 6.07. The Morgan fingerprint density at radius 3 is 2.55 bits per heavy atom. The van der Waals surface area contributed by atoms with Gasteiger partial charge in [-0.05, 0) is 0 Å². The van der Waals surface area contributed by atoms with Crippen LogP contribution in [0.2, 0.25) is 0 Å². The van der Waals surface area contributed by atoms with E-state index in [0.29, 0.717) is 12.2 Å². The number of fused-ring (bicyclic) bond motifs is 2. The van der Waals surface area contributed by atoms with Gasteiger partial charge in [0, 0.05) is 0 Å². The van der Waals surface area contributed by atoms with Crippen LogP contribution in [-0.2, 0) is 0 Å². The molecule has 0 radical (unpaired) electrons. The quantitative estimate of drug-likeness (QED) is 0.426. The van der Waals surface area contributed by atoms with E-state index < -0.39 is 0 Å². The van der Waals surface area contributed by atoms with Crippen LogP contribution in [0.25, 0.3) is 0 Å². The second-order valence-corrected chi connectivity index (χ2v) is 60.8. The van der Waals surface area contributed by atoms with E-state index in [9.17, 15) is 0 Å². The van der Waals surface area contributed by atoms with Gasteiger partial charge in [-0.2, -0.15) is 0 Å². The molecule has 9 heteroatoms. The molecule has 0 amide bonds. The summed E-state index contributed by atoms with van der Waals surface area (Å²) in [7, 11) is 0. The standard InChI is InChI=1S/C2H5IOP4Se3/c1-2-4-6-8-9-5(3)7(10-6)11-8/h2H2,1H3. The molecule has 2 heterocycles. The van der Waals surface area contributed by atoms with Gasteiger partial charge < -0.3 is 0 Å². The van der Waals surface area contributed by atoms with Crippen molar-refractivity contribution in [3.05, 3.63) is 0 Å². The van der Waals surface area contributed by atoms with E-state index in [4.69, 9.17) is 4.52 Å². The van der Waals surface area contributed by atoms with Gasteiger partial charge in [-0.15, -0.1) is 0 Å². The molecule has 0 saturated carbocycles. The molecule has 2 bridgehead atoms. The minimum absolute atomic E-state index is 0.237. The molecule has 0 aliphatic carbocycles. The van der Waals surface area contributed by atoms with Crippen LogP contribution < -0.4 is 4.52 Å². The Labute approximate surface area is 97.5 Å². The van der Waals surface area contributed by atoms with Gasteiger partial charge in [0.25, 0.3) is 0 Å². The summed E-state index contributed by atoms with van der Waals surface area (Å²) < 4.78 is 7.69. The Hall–Kier alpha value is 3.45. The first kappa shape index (κ1) is 10.9. The SMILES string of the molecule is CCOp1[se]p2[se]p1[se]p2I. The van der Waals surface area contributed by atoms with E-state index in [1.165, 1.54) is 0 Å². The van der Waals surface area contributed by atoms with Gasteiger partial charge in [0.2, 0.25) is 0 Å². The van der Waals surface area contributed by atoms with Crippen LogP contribution in [0.3, 0.4) is 0 Å². The molecule has 0 aromatic carbocycles. The topological polar surface area (TPSA) is 9.23 Å². The predicted molar refractivity (Wildman–Crippen MR) is 70.7 cm³/mol. The Balaban J connectivity index is 2.46. The number of hydrogen-bond donors (Lipinski definition) is 0. The summed E-state index contributed by atoms with van der Waals surface area (Å²) in [5.41, 5.74) is 0. The Morgan fingerprint density at radius 1 is 1.27 bits per heavy atom.